The second-order valence-electron chi connectivity index (χ2n) is 8.74. The summed E-state index contributed by atoms with van der Waals surface area (Å²) in [6.45, 7) is 11.1. The van der Waals surface area contributed by atoms with Gasteiger partial charge < -0.3 is 35.7 Å². The molecule has 2 amide bonds. The zero-order valence-corrected chi connectivity index (χ0v) is 23.3. The van der Waals surface area contributed by atoms with Crippen molar-refractivity contribution in [3.63, 3.8) is 0 Å². The number of benzene rings is 1. The first-order valence-corrected chi connectivity index (χ1v) is 14.5. The minimum Gasteiger partial charge on any atom is -0.473 e. The fourth-order valence-corrected chi connectivity index (χ4v) is 5.15. The summed E-state index contributed by atoms with van der Waals surface area (Å²) in [5.41, 5.74) is 0. The molecule has 1 saturated heterocycles. The summed E-state index contributed by atoms with van der Waals surface area (Å²) < 4.78 is 25.4. The van der Waals surface area contributed by atoms with Gasteiger partial charge in [0, 0.05) is 32.7 Å². The van der Waals surface area contributed by atoms with Crippen LogP contribution in [0.5, 0.6) is 0 Å². The van der Waals surface area contributed by atoms with Crippen LogP contribution in [0.25, 0.3) is 0 Å². The number of sulfone groups is 1. The number of aliphatic carboxylic acids is 2. The van der Waals surface area contributed by atoms with E-state index in [-0.39, 0.29) is 23.8 Å². The lowest BCUT2D eigenvalue weighted by Crippen LogP contribution is -2.47. The van der Waals surface area contributed by atoms with Gasteiger partial charge >= 0.3 is 18.0 Å². The normalized spacial score (nSPS) is 13.9. The molecule has 2 rings (SSSR count). The van der Waals surface area contributed by atoms with Gasteiger partial charge in [-0.1, -0.05) is 44.9 Å². The van der Waals surface area contributed by atoms with Gasteiger partial charge in [-0.05, 0) is 51.2 Å². The summed E-state index contributed by atoms with van der Waals surface area (Å²) in [6, 6.07) is 8.30. The molecule has 1 heterocycles. The van der Waals surface area contributed by atoms with Gasteiger partial charge in [-0.15, -0.1) is 0 Å². The van der Waals surface area contributed by atoms with Crippen molar-refractivity contribution >= 4 is 27.8 Å². The molecule has 1 aliphatic heterocycles. The lowest BCUT2D eigenvalue weighted by molar-refractivity contribution is -0.159. The number of likely N-dealkylation sites (N-methyl/N-ethyl adjacent to an activating group) is 1. The van der Waals surface area contributed by atoms with Gasteiger partial charge in [-0.25, -0.2) is 22.8 Å². The summed E-state index contributed by atoms with van der Waals surface area (Å²) in [5, 5.41) is 17.8. The fourth-order valence-electron chi connectivity index (χ4n) is 3.89. The summed E-state index contributed by atoms with van der Waals surface area (Å²) in [5.74, 6) is -3.72. The van der Waals surface area contributed by atoms with Crippen LogP contribution in [0.15, 0.2) is 35.2 Å². The highest BCUT2D eigenvalue weighted by molar-refractivity contribution is 7.91. The van der Waals surface area contributed by atoms with Crippen molar-refractivity contribution in [1.82, 2.24) is 20.0 Å². The number of hydrogen-bond donors (Lipinski definition) is 3. The quantitative estimate of drug-likeness (QED) is 0.315. The lowest BCUT2D eigenvalue weighted by Gasteiger charge is -2.28. The predicted molar refractivity (Wildman–Crippen MR) is 145 cm³/mol. The standard InChI is InChI=1S/C23H40N4O3S.C2H2O4.H2O/c1-3-25(4-2)17-14-24-23(28)27(19-18-26-15-10-5-6-11-16-26)20-21-31(29,30)22-12-8-7-9-13-22;3-1(4)2(5)6;/h7-9,12-13H,3-6,10-11,14-21H2,1-2H3,(H,24,28);(H,3,4)(H,5,6);1H2. The number of likely N-dealkylation sites (tertiary alicyclic amines) is 1. The molecule has 0 unspecified atom stereocenters. The van der Waals surface area contributed by atoms with Crippen LogP contribution in [0.2, 0.25) is 0 Å². The Morgan fingerprint density at radius 1 is 0.895 bits per heavy atom. The van der Waals surface area contributed by atoms with Gasteiger partial charge in [0.05, 0.1) is 10.6 Å². The molecule has 0 saturated carbocycles. The molecule has 0 radical (unpaired) electrons. The van der Waals surface area contributed by atoms with E-state index in [1.807, 2.05) is 0 Å². The Morgan fingerprint density at radius 2 is 1.45 bits per heavy atom. The first-order chi connectivity index (χ1) is 17.6. The second kappa shape index (κ2) is 19.3. The molecule has 218 valence electrons. The van der Waals surface area contributed by atoms with Crippen molar-refractivity contribution in [3.05, 3.63) is 30.3 Å². The van der Waals surface area contributed by atoms with Crippen molar-refractivity contribution in [2.75, 3.05) is 64.7 Å². The maximum atomic E-state index is 12.9. The number of carbonyl (C=O) groups excluding carboxylic acids is 1. The van der Waals surface area contributed by atoms with Crippen molar-refractivity contribution in [1.29, 1.82) is 0 Å². The molecule has 38 heavy (non-hydrogen) atoms. The Kier molecular flexibility index (Phi) is 18.0. The lowest BCUT2D eigenvalue weighted by atomic mass is 10.2. The Balaban J connectivity index is 0.00000175. The van der Waals surface area contributed by atoms with E-state index in [2.05, 4.69) is 29.0 Å². The number of rotatable bonds is 12. The van der Waals surface area contributed by atoms with Crippen LogP contribution in [0.4, 0.5) is 4.79 Å². The smallest absolute Gasteiger partial charge is 0.414 e. The van der Waals surface area contributed by atoms with E-state index in [4.69, 9.17) is 19.8 Å². The van der Waals surface area contributed by atoms with Crippen LogP contribution in [0.3, 0.4) is 0 Å². The number of amides is 2. The molecule has 5 N–H and O–H groups in total. The molecular formula is C25H44N4O8S. The van der Waals surface area contributed by atoms with E-state index < -0.39 is 21.8 Å². The van der Waals surface area contributed by atoms with Crippen LogP contribution < -0.4 is 5.32 Å². The molecule has 0 bridgehead atoms. The molecule has 0 aliphatic carbocycles. The highest BCUT2D eigenvalue weighted by Crippen LogP contribution is 2.12. The number of nitrogens with one attached hydrogen (secondary N) is 1. The number of hydrogen-bond acceptors (Lipinski definition) is 7. The largest absolute Gasteiger partial charge is 0.473 e. The molecule has 13 heteroatoms. The van der Waals surface area contributed by atoms with Gasteiger partial charge in [-0.2, -0.15) is 0 Å². The Hall–Kier alpha value is -2.74. The Bertz CT molecular complexity index is 907. The van der Waals surface area contributed by atoms with E-state index in [1.54, 1.807) is 35.2 Å². The Labute approximate surface area is 225 Å². The van der Waals surface area contributed by atoms with Crippen molar-refractivity contribution in [2.24, 2.45) is 0 Å². The molecule has 1 fully saturated rings. The molecule has 12 nitrogen and oxygen atoms in total. The van der Waals surface area contributed by atoms with E-state index in [1.165, 1.54) is 25.7 Å². The molecular weight excluding hydrogens is 516 g/mol. The number of carbonyl (C=O) groups is 3. The van der Waals surface area contributed by atoms with E-state index in [9.17, 15) is 13.2 Å². The third kappa shape index (κ3) is 14.3. The monoisotopic (exact) mass is 560 g/mol. The summed E-state index contributed by atoms with van der Waals surface area (Å²) in [7, 11) is -3.42. The van der Waals surface area contributed by atoms with Gasteiger partial charge in [0.1, 0.15) is 0 Å². The predicted octanol–water partition coefficient (Wildman–Crippen LogP) is 1.02. The van der Waals surface area contributed by atoms with Gasteiger partial charge in [0.15, 0.2) is 9.84 Å². The molecule has 1 aliphatic rings. The minimum absolute atomic E-state index is 0. The van der Waals surface area contributed by atoms with E-state index in [0.717, 1.165) is 39.3 Å². The van der Waals surface area contributed by atoms with Gasteiger partial charge in [0.25, 0.3) is 0 Å². The maximum Gasteiger partial charge on any atom is 0.414 e. The number of carboxylic acids is 2. The average Bonchev–Trinajstić information content (AvgIpc) is 3.16. The van der Waals surface area contributed by atoms with Crippen molar-refractivity contribution < 1.29 is 38.5 Å². The van der Waals surface area contributed by atoms with Gasteiger partial charge in [-0.3, -0.25) is 0 Å². The summed E-state index contributed by atoms with van der Waals surface area (Å²) in [4.78, 5) is 37.7. The second-order valence-corrected chi connectivity index (χ2v) is 10.9. The third-order valence-corrected chi connectivity index (χ3v) is 7.90. The molecule has 1 aromatic carbocycles. The zero-order valence-electron chi connectivity index (χ0n) is 22.5. The topological polar surface area (TPSA) is 179 Å². The van der Waals surface area contributed by atoms with E-state index in [0.29, 0.717) is 18.0 Å². The van der Waals surface area contributed by atoms with Crippen LogP contribution in [-0.4, -0.2) is 121 Å². The maximum absolute atomic E-state index is 12.9. The first kappa shape index (κ1) is 35.3. The average molecular weight is 561 g/mol. The number of carboxylic acid groups (broad SMARTS) is 2. The van der Waals surface area contributed by atoms with Crippen LogP contribution in [-0.2, 0) is 19.4 Å². The van der Waals surface area contributed by atoms with E-state index >= 15 is 0 Å². The summed E-state index contributed by atoms with van der Waals surface area (Å²) in [6.07, 6.45) is 4.92. The fraction of sp³-hybridized carbons (Fsp3) is 0.640. The number of urea groups is 1. The molecule has 0 atom stereocenters. The van der Waals surface area contributed by atoms with Crippen LogP contribution in [0.1, 0.15) is 39.5 Å². The highest BCUT2D eigenvalue weighted by atomic mass is 32.2. The molecule has 0 spiro atoms. The summed E-state index contributed by atoms with van der Waals surface area (Å²) >= 11 is 0. The van der Waals surface area contributed by atoms with Crippen molar-refractivity contribution in [3.8, 4) is 0 Å². The minimum atomic E-state index is -3.42. The zero-order chi connectivity index (χ0) is 27.7. The third-order valence-electron chi connectivity index (χ3n) is 6.19. The molecule has 0 aromatic heterocycles. The first-order valence-electron chi connectivity index (χ1n) is 12.8. The SMILES string of the molecule is CCN(CC)CCNC(=O)N(CCN1CCCCCC1)CCS(=O)(=O)c1ccccc1.O.O=C(O)C(=O)O. The highest BCUT2D eigenvalue weighted by Gasteiger charge is 2.21. The molecule has 1 aromatic rings. The van der Waals surface area contributed by atoms with Crippen LogP contribution in [0, 0.1) is 0 Å². The Morgan fingerprint density at radius 3 is 1.95 bits per heavy atom. The van der Waals surface area contributed by atoms with Crippen LogP contribution >= 0.6 is 0 Å². The number of nitrogens with zero attached hydrogens (tertiary/aromatic N) is 3. The van der Waals surface area contributed by atoms with Crippen molar-refractivity contribution in [2.45, 2.75) is 44.4 Å². The van der Waals surface area contributed by atoms with Gasteiger partial charge in [0.2, 0.25) is 0 Å².